The molecule has 1 aliphatic heterocycles. The summed E-state index contributed by atoms with van der Waals surface area (Å²) >= 11 is 0. The number of ether oxygens (including phenoxy) is 1. The third-order valence-electron chi connectivity index (χ3n) is 6.20. The first-order valence-corrected chi connectivity index (χ1v) is 11.0. The molecule has 3 aromatic rings. The minimum atomic E-state index is -0.414. The third-order valence-corrected chi connectivity index (χ3v) is 6.20. The Morgan fingerprint density at radius 2 is 1.81 bits per heavy atom. The highest BCUT2D eigenvalue weighted by Crippen LogP contribution is 2.37. The van der Waals surface area contributed by atoms with Gasteiger partial charge >= 0.3 is 0 Å². The summed E-state index contributed by atoms with van der Waals surface area (Å²) in [5.41, 5.74) is 1.86. The molecule has 2 aromatic heterocycles. The summed E-state index contributed by atoms with van der Waals surface area (Å²) in [6.07, 6.45) is 1.80. The van der Waals surface area contributed by atoms with Gasteiger partial charge in [-0.2, -0.15) is 0 Å². The molecule has 1 atom stereocenters. The zero-order valence-corrected chi connectivity index (χ0v) is 18.9. The van der Waals surface area contributed by atoms with Gasteiger partial charge in [0, 0.05) is 50.2 Å². The Balaban J connectivity index is 1.77. The second kappa shape index (κ2) is 9.44. The Morgan fingerprint density at radius 1 is 1.09 bits per heavy atom. The van der Waals surface area contributed by atoms with Gasteiger partial charge in [0.15, 0.2) is 0 Å². The van der Waals surface area contributed by atoms with E-state index < -0.39 is 6.04 Å². The molecule has 0 radical (unpaired) electrons. The number of benzene rings is 1. The second-order valence-electron chi connectivity index (χ2n) is 7.99. The molecule has 0 amide bonds. The molecule has 1 N–H and O–H groups in total. The van der Waals surface area contributed by atoms with Crippen LogP contribution in [-0.4, -0.2) is 52.8 Å². The first kappa shape index (κ1) is 21.9. The van der Waals surface area contributed by atoms with Crippen molar-refractivity contribution < 1.29 is 9.84 Å². The van der Waals surface area contributed by atoms with Gasteiger partial charge in [0.05, 0.1) is 18.7 Å². The number of rotatable bonds is 6. The van der Waals surface area contributed by atoms with Crippen LogP contribution in [0.5, 0.6) is 11.5 Å². The Kier molecular flexibility index (Phi) is 6.46. The second-order valence-corrected chi connectivity index (χ2v) is 7.99. The van der Waals surface area contributed by atoms with Gasteiger partial charge in [-0.05, 0) is 38.1 Å². The Morgan fingerprint density at radius 3 is 2.47 bits per heavy atom. The zero-order valence-electron chi connectivity index (χ0n) is 18.9. The van der Waals surface area contributed by atoms with Gasteiger partial charge in [0.2, 0.25) is 0 Å². The Bertz CT molecular complexity index is 1120. The average Bonchev–Trinajstić information content (AvgIpc) is 2.82. The van der Waals surface area contributed by atoms with Gasteiger partial charge in [0.1, 0.15) is 17.3 Å². The molecule has 0 bridgehead atoms. The molecule has 0 spiro atoms. The van der Waals surface area contributed by atoms with Gasteiger partial charge in [-0.15, -0.1) is 0 Å². The number of piperazine rings is 1. The van der Waals surface area contributed by atoms with Crippen molar-refractivity contribution in [3.63, 3.8) is 0 Å². The average molecular weight is 435 g/mol. The number of aromatic nitrogens is 2. The van der Waals surface area contributed by atoms with E-state index in [1.807, 2.05) is 56.3 Å². The summed E-state index contributed by atoms with van der Waals surface area (Å²) in [4.78, 5) is 22.5. The van der Waals surface area contributed by atoms with Crippen LogP contribution in [-0.2, 0) is 6.54 Å². The Hall–Kier alpha value is -3.32. The molecule has 0 saturated carbocycles. The van der Waals surface area contributed by atoms with Crippen LogP contribution in [0.2, 0.25) is 0 Å². The summed E-state index contributed by atoms with van der Waals surface area (Å²) in [5.74, 6) is 1.68. The van der Waals surface area contributed by atoms with E-state index in [1.165, 1.54) is 0 Å². The van der Waals surface area contributed by atoms with Crippen molar-refractivity contribution in [3.8, 4) is 11.5 Å². The van der Waals surface area contributed by atoms with Gasteiger partial charge in [-0.3, -0.25) is 9.69 Å². The highest BCUT2D eigenvalue weighted by atomic mass is 16.5. The van der Waals surface area contributed by atoms with Gasteiger partial charge in [0.25, 0.3) is 5.56 Å². The first-order valence-electron chi connectivity index (χ1n) is 11.0. The van der Waals surface area contributed by atoms with E-state index in [0.717, 1.165) is 43.3 Å². The van der Waals surface area contributed by atoms with Crippen molar-refractivity contribution in [2.75, 3.05) is 38.2 Å². The fourth-order valence-corrected chi connectivity index (χ4v) is 4.60. The lowest BCUT2D eigenvalue weighted by Crippen LogP contribution is -2.49. The maximum absolute atomic E-state index is 13.5. The molecule has 7 heteroatoms. The van der Waals surface area contributed by atoms with Crippen LogP contribution >= 0.6 is 0 Å². The van der Waals surface area contributed by atoms with Gasteiger partial charge in [-0.1, -0.05) is 24.3 Å². The first-order chi connectivity index (χ1) is 15.5. The predicted molar refractivity (Wildman–Crippen MR) is 126 cm³/mol. The quantitative estimate of drug-likeness (QED) is 0.643. The van der Waals surface area contributed by atoms with Crippen LogP contribution in [0.15, 0.2) is 59.5 Å². The molecule has 1 aliphatic rings. The fourth-order valence-electron chi connectivity index (χ4n) is 4.60. The molecule has 3 heterocycles. The molecule has 168 valence electrons. The van der Waals surface area contributed by atoms with Crippen molar-refractivity contribution in [1.82, 2.24) is 14.5 Å². The monoisotopic (exact) mass is 434 g/mol. The molecule has 0 unspecified atom stereocenters. The molecular weight excluding hydrogens is 404 g/mol. The van der Waals surface area contributed by atoms with Gasteiger partial charge in [-0.25, -0.2) is 4.98 Å². The van der Waals surface area contributed by atoms with Crippen LogP contribution in [0.3, 0.4) is 0 Å². The van der Waals surface area contributed by atoms with Crippen LogP contribution < -0.4 is 15.2 Å². The number of hydrogen-bond acceptors (Lipinski definition) is 6. The summed E-state index contributed by atoms with van der Waals surface area (Å²) < 4.78 is 7.36. The van der Waals surface area contributed by atoms with Crippen molar-refractivity contribution in [2.24, 2.45) is 0 Å². The molecule has 7 nitrogen and oxygen atoms in total. The maximum atomic E-state index is 13.5. The lowest BCUT2D eigenvalue weighted by Gasteiger charge is -2.40. The molecule has 1 aromatic carbocycles. The number of methoxy groups -OCH3 is 1. The van der Waals surface area contributed by atoms with E-state index in [9.17, 15) is 9.90 Å². The van der Waals surface area contributed by atoms with Crippen LogP contribution in [0.4, 0.5) is 5.82 Å². The lowest BCUT2D eigenvalue weighted by atomic mass is 9.95. The number of para-hydroxylation sites is 1. The SMILES string of the molecule is CCn1c(C)cc(O)c([C@H](c2ccccc2OC)N2CCN(c3ccccn3)CC2)c1=O. The minimum absolute atomic E-state index is 0.0280. The largest absolute Gasteiger partial charge is 0.507 e. The highest BCUT2D eigenvalue weighted by Gasteiger charge is 2.33. The minimum Gasteiger partial charge on any atom is -0.507 e. The summed E-state index contributed by atoms with van der Waals surface area (Å²) in [5, 5.41) is 10.9. The van der Waals surface area contributed by atoms with Crippen molar-refractivity contribution >= 4 is 5.82 Å². The molecular formula is C25H30N4O3. The molecule has 1 fully saturated rings. The topological polar surface area (TPSA) is 70.8 Å². The smallest absolute Gasteiger partial charge is 0.259 e. The number of pyridine rings is 2. The summed E-state index contributed by atoms with van der Waals surface area (Å²) in [6, 6.07) is 14.9. The van der Waals surface area contributed by atoms with Crippen LogP contribution in [0.25, 0.3) is 0 Å². The lowest BCUT2D eigenvalue weighted by molar-refractivity contribution is 0.203. The maximum Gasteiger partial charge on any atom is 0.259 e. The number of hydrogen-bond donors (Lipinski definition) is 1. The standard InChI is InChI=1S/C25H30N4O3/c1-4-29-18(2)17-20(30)23(25(29)31)24(19-9-5-6-10-21(19)32-3)28-15-13-27(14-16-28)22-11-7-8-12-26-22/h5-12,17,24,30H,4,13-16H2,1-3H3/t24-/m0/s1. The number of aryl methyl sites for hydroxylation is 1. The molecule has 1 saturated heterocycles. The van der Waals surface area contributed by atoms with E-state index in [0.29, 0.717) is 17.9 Å². The van der Waals surface area contributed by atoms with Crippen molar-refractivity contribution in [1.29, 1.82) is 0 Å². The fraction of sp³-hybridized carbons (Fsp3) is 0.360. The molecule has 32 heavy (non-hydrogen) atoms. The molecule has 0 aliphatic carbocycles. The Labute approximate surface area is 188 Å². The number of nitrogens with zero attached hydrogens (tertiary/aromatic N) is 4. The summed E-state index contributed by atoms with van der Waals surface area (Å²) in [7, 11) is 1.63. The number of anilines is 1. The van der Waals surface area contributed by atoms with E-state index >= 15 is 0 Å². The van der Waals surface area contributed by atoms with Gasteiger partial charge < -0.3 is 19.3 Å². The van der Waals surface area contributed by atoms with E-state index in [1.54, 1.807) is 23.9 Å². The van der Waals surface area contributed by atoms with Crippen LogP contribution in [0.1, 0.15) is 29.8 Å². The van der Waals surface area contributed by atoms with E-state index in [2.05, 4.69) is 14.8 Å². The summed E-state index contributed by atoms with van der Waals surface area (Å²) in [6.45, 7) is 7.33. The zero-order chi connectivity index (χ0) is 22.7. The van der Waals surface area contributed by atoms with Crippen molar-refractivity contribution in [3.05, 3.63) is 81.9 Å². The van der Waals surface area contributed by atoms with Crippen LogP contribution in [0, 0.1) is 6.92 Å². The molecule has 4 rings (SSSR count). The van der Waals surface area contributed by atoms with E-state index in [4.69, 9.17) is 4.74 Å². The normalized spacial score (nSPS) is 15.5. The predicted octanol–water partition coefficient (Wildman–Crippen LogP) is 3.20. The van der Waals surface area contributed by atoms with Crippen molar-refractivity contribution in [2.45, 2.75) is 26.4 Å². The number of aromatic hydroxyl groups is 1. The highest BCUT2D eigenvalue weighted by molar-refractivity contribution is 5.47. The third kappa shape index (κ3) is 4.08. The van der Waals surface area contributed by atoms with E-state index in [-0.39, 0.29) is 11.3 Å².